The largest absolute Gasteiger partial charge is 0.0654 e. The SMILES string of the molecule is CCCCCC[C@H]1CC[C@H]([C@H]2CC[C@H](c3ccc(C)cc3)CC2)CC1. The molecule has 0 spiro atoms. The van der Waals surface area contributed by atoms with Gasteiger partial charge in [0.05, 0.1) is 0 Å². The van der Waals surface area contributed by atoms with Crippen molar-refractivity contribution in [3.8, 4) is 0 Å². The topological polar surface area (TPSA) is 0 Å². The van der Waals surface area contributed by atoms with Crippen LogP contribution in [0.1, 0.15) is 107 Å². The maximum atomic E-state index is 2.38. The minimum Gasteiger partial charge on any atom is -0.0654 e. The van der Waals surface area contributed by atoms with Gasteiger partial charge in [-0.3, -0.25) is 0 Å². The van der Waals surface area contributed by atoms with Crippen LogP contribution >= 0.6 is 0 Å². The minimum atomic E-state index is 0.840. The molecule has 0 aliphatic heterocycles. The molecule has 0 heteroatoms. The molecule has 0 aromatic heterocycles. The molecular weight excluding hydrogens is 300 g/mol. The molecule has 2 aliphatic rings. The first kappa shape index (κ1) is 19.0. The zero-order valence-electron chi connectivity index (χ0n) is 16.8. The van der Waals surface area contributed by atoms with Gasteiger partial charge in [0.2, 0.25) is 0 Å². The first-order chi connectivity index (χ1) is 12.3. The fraction of sp³-hybridized carbons (Fsp3) is 0.760. The molecule has 0 nitrogen and oxygen atoms in total. The van der Waals surface area contributed by atoms with Crippen molar-refractivity contribution in [2.75, 3.05) is 0 Å². The highest BCUT2D eigenvalue weighted by Crippen LogP contribution is 2.44. The second-order valence-electron chi connectivity index (χ2n) is 9.15. The summed E-state index contributed by atoms with van der Waals surface area (Å²) in [6.45, 7) is 4.51. The van der Waals surface area contributed by atoms with E-state index in [4.69, 9.17) is 0 Å². The molecule has 1 aromatic carbocycles. The van der Waals surface area contributed by atoms with Crippen LogP contribution in [0.4, 0.5) is 0 Å². The van der Waals surface area contributed by atoms with Crippen molar-refractivity contribution in [1.82, 2.24) is 0 Å². The van der Waals surface area contributed by atoms with Crippen LogP contribution in [0.3, 0.4) is 0 Å². The van der Waals surface area contributed by atoms with E-state index in [0.717, 1.165) is 23.7 Å². The molecule has 140 valence electrons. The molecule has 2 aliphatic carbocycles. The molecule has 1 aromatic rings. The third-order valence-electron chi connectivity index (χ3n) is 7.34. The van der Waals surface area contributed by atoms with Crippen molar-refractivity contribution < 1.29 is 0 Å². The molecule has 0 N–H and O–H groups in total. The van der Waals surface area contributed by atoms with E-state index in [1.807, 2.05) is 0 Å². The summed E-state index contributed by atoms with van der Waals surface area (Å²) in [5, 5.41) is 0. The van der Waals surface area contributed by atoms with Crippen LogP contribution < -0.4 is 0 Å². The van der Waals surface area contributed by atoms with Crippen LogP contribution in [-0.2, 0) is 0 Å². The Balaban J connectivity index is 1.37. The third kappa shape index (κ3) is 5.60. The number of hydrogen-bond acceptors (Lipinski definition) is 0. The lowest BCUT2D eigenvalue weighted by atomic mass is 9.68. The number of hydrogen-bond donors (Lipinski definition) is 0. The van der Waals surface area contributed by atoms with Crippen molar-refractivity contribution in [3.05, 3.63) is 35.4 Å². The highest BCUT2D eigenvalue weighted by Gasteiger charge is 2.31. The van der Waals surface area contributed by atoms with Crippen LogP contribution in [0.5, 0.6) is 0 Å². The van der Waals surface area contributed by atoms with E-state index in [-0.39, 0.29) is 0 Å². The lowest BCUT2D eigenvalue weighted by Crippen LogP contribution is -2.25. The van der Waals surface area contributed by atoms with Gasteiger partial charge in [-0.2, -0.15) is 0 Å². The minimum absolute atomic E-state index is 0.840. The van der Waals surface area contributed by atoms with Gasteiger partial charge in [0.1, 0.15) is 0 Å². The molecule has 0 heterocycles. The van der Waals surface area contributed by atoms with Crippen molar-refractivity contribution in [3.63, 3.8) is 0 Å². The summed E-state index contributed by atoms with van der Waals surface area (Å²) in [5.41, 5.74) is 2.99. The Morgan fingerprint density at radius 1 is 0.720 bits per heavy atom. The van der Waals surface area contributed by atoms with E-state index in [9.17, 15) is 0 Å². The Kier molecular flexibility index (Phi) is 7.44. The average Bonchev–Trinajstić information content (AvgIpc) is 2.67. The summed E-state index contributed by atoms with van der Waals surface area (Å²) in [5.74, 6) is 4.01. The van der Waals surface area contributed by atoms with Crippen molar-refractivity contribution in [1.29, 1.82) is 0 Å². The van der Waals surface area contributed by atoms with E-state index in [1.54, 1.807) is 5.56 Å². The first-order valence-electron chi connectivity index (χ1n) is 11.3. The van der Waals surface area contributed by atoms with Crippen molar-refractivity contribution in [2.24, 2.45) is 17.8 Å². The Morgan fingerprint density at radius 3 is 1.92 bits per heavy atom. The van der Waals surface area contributed by atoms with Crippen LogP contribution in [0.2, 0.25) is 0 Å². The van der Waals surface area contributed by atoms with Crippen LogP contribution in [-0.4, -0.2) is 0 Å². The molecule has 25 heavy (non-hydrogen) atoms. The fourth-order valence-corrected chi connectivity index (χ4v) is 5.57. The van der Waals surface area contributed by atoms with E-state index < -0.39 is 0 Å². The number of aryl methyl sites for hydroxylation is 1. The Labute approximate surface area is 156 Å². The molecule has 0 saturated heterocycles. The lowest BCUT2D eigenvalue weighted by Gasteiger charge is -2.38. The highest BCUT2D eigenvalue weighted by molar-refractivity contribution is 5.24. The van der Waals surface area contributed by atoms with Crippen LogP contribution in [0.25, 0.3) is 0 Å². The average molecular weight is 341 g/mol. The van der Waals surface area contributed by atoms with Gasteiger partial charge in [-0.25, -0.2) is 0 Å². The molecule has 3 rings (SSSR count). The van der Waals surface area contributed by atoms with E-state index >= 15 is 0 Å². The normalized spacial score (nSPS) is 30.3. The second-order valence-corrected chi connectivity index (χ2v) is 9.15. The van der Waals surface area contributed by atoms with Gasteiger partial charge in [-0.1, -0.05) is 81.7 Å². The van der Waals surface area contributed by atoms with E-state index in [0.29, 0.717) is 0 Å². The number of benzene rings is 1. The molecule has 0 amide bonds. The second kappa shape index (κ2) is 9.79. The summed E-state index contributed by atoms with van der Waals surface area (Å²) in [6.07, 6.45) is 19.3. The summed E-state index contributed by atoms with van der Waals surface area (Å²) in [7, 11) is 0. The summed E-state index contributed by atoms with van der Waals surface area (Å²) < 4.78 is 0. The Morgan fingerprint density at radius 2 is 1.32 bits per heavy atom. The van der Waals surface area contributed by atoms with Gasteiger partial charge >= 0.3 is 0 Å². The molecule has 2 fully saturated rings. The molecule has 2 saturated carbocycles. The standard InChI is InChI=1S/C25H40/c1-3-4-5-6-7-21-10-14-23(15-11-21)25-18-16-24(17-19-25)22-12-8-20(2)9-13-22/h8-9,12-13,21,23-25H,3-7,10-11,14-19H2,1-2H3/t21-,23-,24-,25-. The molecule has 0 atom stereocenters. The van der Waals surface area contributed by atoms with Gasteiger partial charge in [-0.15, -0.1) is 0 Å². The zero-order chi connectivity index (χ0) is 17.5. The van der Waals surface area contributed by atoms with Gasteiger partial charge in [0.15, 0.2) is 0 Å². The predicted octanol–water partition coefficient (Wildman–Crippen LogP) is 8.05. The fourth-order valence-electron chi connectivity index (χ4n) is 5.57. The Bertz CT molecular complexity index is 469. The van der Waals surface area contributed by atoms with Gasteiger partial charge in [-0.05, 0) is 74.7 Å². The number of unbranched alkanes of at least 4 members (excludes halogenated alkanes) is 3. The lowest BCUT2D eigenvalue weighted by molar-refractivity contribution is 0.155. The quantitative estimate of drug-likeness (QED) is 0.440. The summed E-state index contributed by atoms with van der Waals surface area (Å²) >= 11 is 0. The maximum Gasteiger partial charge on any atom is -0.0162 e. The van der Waals surface area contributed by atoms with Crippen molar-refractivity contribution >= 4 is 0 Å². The van der Waals surface area contributed by atoms with Gasteiger partial charge in [0.25, 0.3) is 0 Å². The summed E-state index contributed by atoms with van der Waals surface area (Å²) in [6, 6.07) is 9.35. The van der Waals surface area contributed by atoms with Crippen LogP contribution in [0, 0.1) is 24.7 Å². The molecular formula is C25H40. The Hall–Kier alpha value is -0.780. The summed E-state index contributed by atoms with van der Waals surface area (Å²) in [4.78, 5) is 0. The van der Waals surface area contributed by atoms with Gasteiger partial charge < -0.3 is 0 Å². The maximum absolute atomic E-state index is 2.38. The van der Waals surface area contributed by atoms with E-state index in [2.05, 4.69) is 38.1 Å². The van der Waals surface area contributed by atoms with Crippen molar-refractivity contribution in [2.45, 2.75) is 103 Å². The molecule has 0 bridgehead atoms. The number of rotatable bonds is 7. The highest BCUT2D eigenvalue weighted by atomic mass is 14.4. The molecule has 0 unspecified atom stereocenters. The molecule has 0 radical (unpaired) electrons. The van der Waals surface area contributed by atoms with E-state index in [1.165, 1.54) is 89.0 Å². The smallest absolute Gasteiger partial charge is 0.0162 e. The van der Waals surface area contributed by atoms with Gasteiger partial charge in [0, 0.05) is 0 Å². The monoisotopic (exact) mass is 340 g/mol. The van der Waals surface area contributed by atoms with Crippen LogP contribution in [0.15, 0.2) is 24.3 Å². The zero-order valence-corrected chi connectivity index (χ0v) is 16.8. The third-order valence-corrected chi connectivity index (χ3v) is 7.34. The first-order valence-corrected chi connectivity index (χ1v) is 11.3. The predicted molar refractivity (Wildman–Crippen MR) is 110 cm³/mol.